The summed E-state index contributed by atoms with van der Waals surface area (Å²) in [5, 5.41) is 13.4. The van der Waals surface area contributed by atoms with Gasteiger partial charge in [-0.15, -0.1) is 0 Å². The van der Waals surface area contributed by atoms with Crippen LogP contribution in [0.4, 0.5) is 0 Å². The predicted molar refractivity (Wildman–Crippen MR) is 66.9 cm³/mol. The van der Waals surface area contributed by atoms with Crippen LogP contribution in [0, 0.1) is 19.8 Å². The van der Waals surface area contributed by atoms with Gasteiger partial charge in [0.25, 0.3) is 0 Å². The van der Waals surface area contributed by atoms with Crippen molar-refractivity contribution < 1.29 is 5.11 Å². The van der Waals surface area contributed by atoms with Gasteiger partial charge in [0.2, 0.25) is 0 Å². The molecule has 88 valence electrons. The molecule has 0 aliphatic carbocycles. The minimum atomic E-state index is 0.475. The van der Waals surface area contributed by atoms with Crippen LogP contribution in [0.2, 0.25) is 0 Å². The van der Waals surface area contributed by atoms with Gasteiger partial charge in [0, 0.05) is 0 Å². The van der Waals surface area contributed by atoms with Gasteiger partial charge in [-0.3, -0.25) is 0 Å². The van der Waals surface area contributed by atoms with Crippen molar-refractivity contribution in [3.63, 3.8) is 0 Å². The first kappa shape index (κ1) is 11.5. The van der Waals surface area contributed by atoms with E-state index in [0.29, 0.717) is 11.7 Å². The van der Waals surface area contributed by atoms with E-state index in [-0.39, 0.29) is 0 Å². The average Bonchev–Trinajstić information content (AvgIpc) is 2.25. The maximum Gasteiger partial charge on any atom is 0.119 e. The lowest BCUT2D eigenvalue weighted by molar-refractivity contribution is 0.369. The summed E-state index contributed by atoms with van der Waals surface area (Å²) >= 11 is 0. The Hall–Kier alpha value is -1.02. The Balaban J connectivity index is 2.14. The van der Waals surface area contributed by atoms with Gasteiger partial charge >= 0.3 is 0 Å². The molecule has 0 spiro atoms. The van der Waals surface area contributed by atoms with Crippen LogP contribution in [0.25, 0.3) is 0 Å². The molecular formula is C14H21NO. The lowest BCUT2D eigenvalue weighted by Crippen LogP contribution is -2.31. The first-order valence-electron chi connectivity index (χ1n) is 6.16. The number of phenolic OH excluding ortho intramolecular Hbond substituents is 1. The van der Waals surface area contributed by atoms with E-state index in [2.05, 4.69) is 18.3 Å². The van der Waals surface area contributed by atoms with Gasteiger partial charge in [-0.25, -0.2) is 0 Å². The summed E-state index contributed by atoms with van der Waals surface area (Å²) in [4.78, 5) is 0. The van der Waals surface area contributed by atoms with Crippen LogP contribution in [0.15, 0.2) is 12.1 Å². The second kappa shape index (κ2) is 4.88. The molecule has 0 bridgehead atoms. The fourth-order valence-corrected chi connectivity index (χ4v) is 2.63. The molecule has 1 aromatic carbocycles. The van der Waals surface area contributed by atoms with Crippen LogP contribution in [0.1, 0.15) is 29.5 Å². The highest BCUT2D eigenvalue weighted by molar-refractivity contribution is 5.42. The molecule has 1 fully saturated rings. The lowest BCUT2D eigenvalue weighted by Gasteiger charge is -2.24. The molecule has 16 heavy (non-hydrogen) atoms. The molecule has 2 N–H and O–H groups in total. The molecule has 2 rings (SSSR count). The number of hydrogen-bond acceptors (Lipinski definition) is 2. The second-order valence-corrected chi connectivity index (χ2v) is 5.00. The molecule has 1 heterocycles. The highest BCUT2D eigenvalue weighted by Crippen LogP contribution is 2.27. The fraction of sp³-hybridized carbons (Fsp3) is 0.571. The van der Waals surface area contributed by atoms with Crippen molar-refractivity contribution in [1.82, 2.24) is 5.32 Å². The van der Waals surface area contributed by atoms with Gasteiger partial charge in [-0.2, -0.15) is 0 Å². The summed E-state index contributed by atoms with van der Waals surface area (Å²) < 4.78 is 0. The van der Waals surface area contributed by atoms with Crippen LogP contribution in [-0.2, 0) is 6.42 Å². The number of benzene rings is 1. The topological polar surface area (TPSA) is 32.3 Å². The van der Waals surface area contributed by atoms with Gasteiger partial charge < -0.3 is 10.4 Å². The van der Waals surface area contributed by atoms with Gasteiger partial charge in [-0.05, 0) is 74.9 Å². The molecule has 1 unspecified atom stereocenters. The summed E-state index contributed by atoms with van der Waals surface area (Å²) in [5.41, 5.74) is 3.50. The zero-order valence-corrected chi connectivity index (χ0v) is 10.2. The Morgan fingerprint density at radius 3 is 2.81 bits per heavy atom. The maximum absolute atomic E-state index is 9.98. The molecule has 0 amide bonds. The molecule has 2 nitrogen and oxygen atoms in total. The van der Waals surface area contributed by atoms with Crippen molar-refractivity contribution >= 4 is 0 Å². The van der Waals surface area contributed by atoms with Crippen molar-refractivity contribution in [3.05, 3.63) is 28.8 Å². The molecule has 1 aliphatic heterocycles. The zero-order chi connectivity index (χ0) is 11.5. The van der Waals surface area contributed by atoms with Gasteiger partial charge in [0.1, 0.15) is 5.75 Å². The second-order valence-electron chi connectivity index (χ2n) is 5.00. The Labute approximate surface area is 97.7 Å². The van der Waals surface area contributed by atoms with Crippen molar-refractivity contribution in [2.45, 2.75) is 33.1 Å². The van der Waals surface area contributed by atoms with Gasteiger partial charge in [0.05, 0.1) is 0 Å². The highest BCUT2D eigenvalue weighted by atomic mass is 16.3. The summed E-state index contributed by atoms with van der Waals surface area (Å²) in [7, 11) is 0. The van der Waals surface area contributed by atoms with Gasteiger partial charge in [0.15, 0.2) is 0 Å². The number of phenols is 1. The van der Waals surface area contributed by atoms with E-state index in [4.69, 9.17) is 0 Å². The van der Waals surface area contributed by atoms with E-state index in [1.807, 2.05) is 13.0 Å². The number of hydrogen-bond donors (Lipinski definition) is 2. The third kappa shape index (κ3) is 2.56. The van der Waals surface area contributed by atoms with Crippen LogP contribution in [-0.4, -0.2) is 18.2 Å². The van der Waals surface area contributed by atoms with Crippen LogP contribution < -0.4 is 5.32 Å². The Kier molecular flexibility index (Phi) is 3.49. The normalized spacial score (nSPS) is 21.0. The number of aryl methyl sites for hydroxylation is 2. The van der Waals surface area contributed by atoms with Gasteiger partial charge in [-0.1, -0.05) is 6.07 Å². The van der Waals surface area contributed by atoms with Crippen molar-refractivity contribution in [2.24, 2.45) is 5.92 Å². The van der Waals surface area contributed by atoms with E-state index in [9.17, 15) is 5.11 Å². The third-order valence-corrected chi connectivity index (χ3v) is 3.49. The summed E-state index contributed by atoms with van der Waals surface area (Å²) in [6, 6.07) is 4.03. The third-order valence-electron chi connectivity index (χ3n) is 3.49. The summed E-state index contributed by atoms with van der Waals surface area (Å²) in [6.07, 6.45) is 3.54. The van der Waals surface area contributed by atoms with Crippen LogP contribution >= 0.6 is 0 Å². The van der Waals surface area contributed by atoms with Crippen LogP contribution in [0.5, 0.6) is 5.75 Å². The number of rotatable bonds is 2. The lowest BCUT2D eigenvalue weighted by atomic mass is 9.89. The first-order chi connectivity index (χ1) is 7.66. The molecule has 1 atom stereocenters. The Morgan fingerprint density at radius 1 is 1.38 bits per heavy atom. The standard InChI is InChI=1S/C14H21NO/c1-10-6-11(2)13(14(16)7-10)8-12-4-3-5-15-9-12/h6-7,12,15-16H,3-5,8-9H2,1-2H3. The maximum atomic E-state index is 9.98. The molecule has 0 radical (unpaired) electrons. The van der Waals surface area contributed by atoms with E-state index >= 15 is 0 Å². The number of aromatic hydroxyl groups is 1. The molecule has 1 aromatic rings. The van der Waals surface area contributed by atoms with E-state index in [1.54, 1.807) is 0 Å². The summed E-state index contributed by atoms with van der Waals surface area (Å²) in [5.74, 6) is 1.16. The van der Waals surface area contributed by atoms with Crippen LogP contribution in [0.3, 0.4) is 0 Å². The highest BCUT2D eigenvalue weighted by Gasteiger charge is 2.16. The smallest absolute Gasteiger partial charge is 0.119 e. The monoisotopic (exact) mass is 219 g/mol. The fourth-order valence-electron chi connectivity index (χ4n) is 2.63. The Bertz CT molecular complexity index is 344. The zero-order valence-electron chi connectivity index (χ0n) is 10.2. The quantitative estimate of drug-likeness (QED) is 0.801. The van der Waals surface area contributed by atoms with E-state index in [1.165, 1.54) is 18.4 Å². The average molecular weight is 219 g/mol. The van der Waals surface area contributed by atoms with E-state index < -0.39 is 0 Å². The molecule has 0 saturated carbocycles. The minimum Gasteiger partial charge on any atom is -0.508 e. The van der Waals surface area contributed by atoms with Crippen molar-refractivity contribution in [2.75, 3.05) is 13.1 Å². The van der Waals surface area contributed by atoms with E-state index in [0.717, 1.165) is 30.6 Å². The molecule has 2 heteroatoms. The molecule has 0 aromatic heterocycles. The Morgan fingerprint density at radius 2 is 2.19 bits per heavy atom. The van der Waals surface area contributed by atoms with Crippen molar-refractivity contribution in [1.29, 1.82) is 0 Å². The summed E-state index contributed by atoms with van der Waals surface area (Å²) in [6.45, 7) is 6.36. The molecule has 1 saturated heterocycles. The number of piperidine rings is 1. The predicted octanol–water partition coefficient (Wildman–Crippen LogP) is 2.55. The van der Waals surface area contributed by atoms with Crippen molar-refractivity contribution in [3.8, 4) is 5.75 Å². The number of nitrogens with one attached hydrogen (secondary N) is 1. The molecular weight excluding hydrogens is 198 g/mol. The first-order valence-corrected chi connectivity index (χ1v) is 6.16. The SMILES string of the molecule is Cc1cc(C)c(CC2CCCNC2)c(O)c1. The molecule has 1 aliphatic rings. The minimum absolute atomic E-state index is 0.475. The largest absolute Gasteiger partial charge is 0.508 e.